The largest absolute Gasteiger partial charge is 0.456 e. The van der Waals surface area contributed by atoms with Crippen molar-refractivity contribution in [2.24, 2.45) is 13.0 Å². The van der Waals surface area contributed by atoms with E-state index in [0.717, 1.165) is 49.1 Å². The molecule has 1 fully saturated rings. The molecule has 31 heavy (non-hydrogen) atoms. The Morgan fingerprint density at radius 2 is 2.00 bits per heavy atom. The zero-order valence-electron chi connectivity index (χ0n) is 17.3. The van der Waals surface area contributed by atoms with Gasteiger partial charge in [0.25, 0.3) is 0 Å². The third-order valence-electron chi connectivity index (χ3n) is 6.48. The summed E-state index contributed by atoms with van der Waals surface area (Å²) in [4.78, 5) is 14.0. The highest BCUT2D eigenvalue weighted by Gasteiger charge is 2.48. The highest BCUT2D eigenvalue weighted by Crippen LogP contribution is 2.52. The number of hydrogen-bond donors (Lipinski definition) is 0. The fourth-order valence-corrected chi connectivity index (χ4v) is 4.59. The quantitative estimate of drug-likeness (QED) is 0.561. The number of rotatable bonds is 5. The minimum absolute atomic E-state index is 0.172. The lowest BCUT2D eigenvalue weighted by Gasteiger charge is -2.44. The molecule has 3 aromatic rings. The molecule has 0 radical (unpaired) electrons. The Bertz CT molecular complexity index is 1170. The molecule has 5 rings (SSSR count). The van der Waals surface area contributed by atoms with Crippen LogP contribution in [0.1, 0.15) is 31.7 Å². The summed E-state index contributed by atoms with van der Waals surface area (Å²) in [5.41, 5.74) is 2.66. The standard InChI is InChI=1S/C23H22F2N4O2/c1-23(14-3-4-14)10-9-17-21(29(23)13-30)8-6-16(20-12-28(2)27-26-20)22(17)31-15-5-7-18(24)19(25)11-15/h5-8,11-14H,3-4,9-10H2,1-2H3/t23-/m0/s1. The first kappa shape index (κ1) is 19.7. The lowest BCUT2D eigenvalue weighted by Crippen LogP contribution is -2.50. The van der Waals surface area contributed by atoms with Crippen LogP contribution in [0.2, 0.25) is 0 Å². The van der Waals surface area contributed by atoms with Gasteiger partial charge in [0.2, 0.25) is 6.41 Å². The monoisotopic (exact) mass is 424 g/mol. The van der Waals surface area contributed by atoms with E-state index in [1.54, 1.807) is 17.9 Å². The number of aryl methyl sites for hydroxylation is 1. The first-order valence-electron chi connectivity index (χ1n) is 10.3. The average Bonchev–Trinajstić information content (AvgIpc) is 3.53. The molecule has 2 aliphatic rings. The van der Waals surface area contributed by atoms with Crippen molar-refractivity contribution in [2.75, 3.05) is 4.90 Å². The molecule has 1 saturated carbocycles. The van der Waals surface area contributed by atoms with Crippen LogP contribution >= 0.6 is 0 Å². The minimum atomic E-state index is -0.987. The number of carbonyl (C=O) groups is 1. The lowest BCUT2D eigenvalue weighted by atomic mass is 9.81. The zero-order chi connectivity index (χ0) is 21.8. The number of benzene rings is 2. The van der Waals surface area contributed by atoms with Crippen molar-refractivity contribution < 1.29 is 18.3 Å². The van der Waals surface area contributed by atoms with E-state index < -0.39 is 11.6 Å². The van der Waals surface area contributed by atoms with Crippen molar-refractivity contribution in [3.63, 3.8) is 0 Å². The number of halogens is 2. The minimum Gasteiger partial charge on any atom is -0.456 e. The van der Waals surface area contributed by atoms with Crippen molar-refractivity contribution in [3.05, 3.63) is 53.7 Å². The topological polar surface area (TPSA) is 60.2 Å². The molecular formula is C23H22F2N4O2. The molecule has 0 saturated heterocycles. The molecule has 1 aromatic heterocycles. The molecule has 160 valence electrons. The van der Waals surface area contributed by atoms with Crippen LogP contribution in [0.4, 0.5) is 14.5 Å². The number of carbonyl (C=O) groups excluding carboxylic acids is 1. The maximum absolute atomic E-state index is 13.8. The second kappa shape index (κ2) is 7.14. The molecule has 1 amide bonds. The zero-order valence-corrected chi connectivity index (χ0v) is 17.3. The van der Waals surface area contributed by atoms with Crippen LogP contribution in [-0.2, 0) is 18.3 Å². The summed E-state index contributed by atoms with van der Waals surface area (Å²) in [6.07, 6.45) is 6.37. The number of amides is 1. The van der Waals surface area contributed by atoms with Crippen LogP contribution in [0, 0.1) is 17.6 Å². The Balaban J connectivity index is 1.66. The van der Waals surface area contributed by atoms with E-state index in [1.807, 2.05) is 17.0 Å². The molecular weight excluding hydrogens is 402 g/mol. The number of nitrogens with zero attached hydrogens (tertiary/aromatic N) is 4. The van der Waals surface area contributed by atoms with E-state index in [1.165, 1.54) is 6.07 Å². The van der Waals surface area contributed by atoms with Crippen LogP contribution < -0.4 is 9.64 Å². The van der Waals surface area contributed by atoms with Crippen LogP contribution in [-0.4, -0.2) is 26.9 Å². The van der Waals surface area contributed by atoms with Crippen molar-refractivity contribution >= 4 is 12.1 Å². The Morgan fingerprint density at radius 1 is 1.19 bits per heavy atom. The van der Waals surface area contributed by atoms with Crippen molar-refractivity contribution in [1.29, 1.82) is 0 Å². The summed E-state index contributed by atoms with van der Waals surface area (Å²) < 4.78 is 35.0. The molecule has 8 heteroatoms. The summed E-state index contributed by atoms with van der Waals surface area (Å²) in [7, 11) is 1.76. The van der Waals surface area contributed by atoms with Gasteiger partial charge in [-0.3, -0.25) is 9.48 Å². The maximum Gasteiger partial charge on any atom is 0.214 e. The number of ether oxygens (including phenoxy) is 1. The number of anilines is 1. The summed E-state index contributed by atoms with van der Waals surface area (Å²) in [5.74, 6) is -0.788. The van der Waals surface area contributed by atoms with Gasteiger partial charge in [-0.2, -0.15) is 0 Å². The van der Waals surface area contributed by atoms with E-state index >= 15 is 0 Å². The molecule has 0 N–H and O–H groups in total. The second-order valence-electron chi connectivity index (χ2n) is 8.50. The SMILES string of the molecule is Cn1cc(-c2ccc3c(c2Oc2ccc(F)c(F)c2)CC[C@@](C)(C2CC2)N3C=O)nn1. The van der Waals surface area contributed by atoms with Crippen LogP contribution in [0.5, 0.6) is 11.5 Å². The first-order chi connectivity index (χ1) is 14.9. The van der Waals surface area contributed by atoms with Gasteiger partial charge in [0.15, 0.2) is 11.6 Å². The Labute approximate surface area is 178 Å². The van der Waals surface area contributed by atoms with Gasteiger partial charge in [-0.15, -0.1) is 5.10 Å². The molecule has 1 atom stereocenters. The average molecular weight is 424 g/mol. The number of fused-ring (bicyclic) bond motifs is 1. The molecule has 1 aliphatic carbocycles. The third-order valence-corrected chi connectivity index (χ3v) is 6.48. The Kier molecular flexibility index (Phi) is 4.53. The van der Waals surface area contributed by atoms with Crippen LogP contribution in [0.3, 0.4) is 0 Å². The van der Waals surface area contributed by atoms with E-state index in [-0.39, 0.29) is 11.3 Å². The van der Waals surface area contributed by atoms with Crippen molar-refractivity contribution in [1.82, 2.24) is 15.0 Å². The van der Waals surface area contributed by atoms with E-state index in [0.29, 0.717) is 29.3 Å². The number of hydrogen-bond acceptors (Lipinski definition) is 4. The molecule has 0 bridgehead atoms. The van der Waals surface area contributed by atoms with Gasteiger partial charge in [-0.05, 0) is 62.8 Å². The van der Waals surface area contributed by atoms with Crippen LogP contribution in [0.25, 0.3) is 11.3 Å². The highest BCUT2D eigenvalue weighted by atomic mass is 19.2. The molecule has 2 aromatic carbocycles. The molecule has 6 nitrogen and oxygen atoms in total. The summed E-state index contributed by atoms with van der Waals surface area (Å²) >= 11 is 0. The summed E-state index contributed by atoms with van der Waals surface area (Å²) in [6.45, 7) is 2.13. The summed E-state index contributed by atoms with van der Waals surface area (Å²) in [6, 6.07) is 7.18. The molecule has 0 unspecified atom stereocenters. The predicted molar refractivity (Wildman–Crippen MR) is 111 cm³/mol. The van der Waals surface area contributed by atoms with Gasteiger partial charge >= 0.3 is 0 Å². The molecule has 0 spiro atoms. The van der Waals surface area contributed by atoms with Gasteiger partial charge in [0.1, 0.15) is 17.2 Å². The van der Waals surface area contributed by atoms with Gasteiger partial charge in [-0.1, -0.05) is 5.21 Å². The Morgan fingerprint density at radius 3 is 2.65 bits per heavy atom. The van der Waals surface area contributed by atoms with E-state index in [4.69, 9.17) is 4.74 Å². The first-order valence-corrected chi connectivity index (χ1v) is 10.3. The van der Waals surface area contributed by atoms with Gasteiger partial charge in [0.05, 0.1) is 11.9 Å². The molecule has 1 aliphatic heterocycles. The normalized spacial score (nSPS) is 20.5. The number of aromatic nitrogens is 3. The van der Waals surface area contributed by atoms with E-state index in [2.05, 4.69) is 17.2 Å². The predicted octanol–water partition coefficient (Wildman–Crippen LogP) is 4.63. The Hall–Kier alpha value is -3.29. The van der Waals surface area contributed by atoms with Gasteiger partial charge < -0.3 is 9.64 Å². The van der Waals surface area contributed by atoms with E-state index in [9.17, 15) is 13.6 Å². The van der Waals surface area contributed by atoms with Crippen molar-refractivity contribution in [3.8, 4) is 22.8 Å². The maximum atomic E-state index is 13.8. The fraction of sp³-hybridized carbons (Fsp3) is 0.348. The van der Waals surface area contributed by atoms with Gasteiger partial charge in [0, 0.05) is 29.8 Å². The molecule has 2 heterocycles. The fourth-order valence-electron chi connectivity index (χ4n) is 4.59. The third kappa shape index (κ3) is 3.26. The highest BCUT2D eigenvalue weighted by molar-refractivity contribution is 5.85. The summed E-state index contributed by atoms with van der Waals surface area (Å²) in [5, 5.41) is 8.19. The van der Waals surface area contributed by atoms with Crippen molar-refractivity contribution in [2.45, 2.75) is 38.1 Å². The van der Waals surface area contributed by atoms with Crippen LogP contribution in [0.15, 0.2) is 36.5 Å². The second-order valence-corrected chi connectivity index (χ2v) is 8.50. The smallest absolute Gasteiger partial charge is 0.214 e. The van der Waals surface area contributed by atoms with Gasteiger partial charge in [-0.25, -0.2) is 8.78 Å². The lowest BCUT2D eigenvalue weighted by molar-refractivity contribution is -0.108.